The topological polar surface area (TPSA) is 102 Å². The molecule has 24 heavy (non-hydrogen) atoms. The summed E-state index contributed by atoms with van der Waals surface area (Å²) in [6.07, 6.45) is 7.39. The first-order chi connectivity index (χ1) is 11.7. The van der Waals surface area contributed by atoms with Gasteiger partial charge in [0, 0.05) is 6.04 Å². The van der Waals surface area contributed by atoms with Gasteiger partial charge in [-0.1, -0.05) is 24.6 Å². The number of aromatic nitrogens is 3. The number of nitrogens with one attached hydrogen (secondary N) is 2. The molecule has 0 aromatic carbocycles. The van der Waals surface area contributed by atoms with Gasteiger partial charge in [0.15, 0.2) is 5.16 Å². The van der Waals surface area contributed by atoms with E-state index in [-0.39, 0.29) is 17.7 Å². The number of hydrogen-bond donors (Lipinski definition) is 2. The monoisotopic (exact) mass is 349 g/mol. The number of carbonyl (C=O) groups excluding carboxylic acids is 2. The zero-order chi connectivity index (χ0) is 16.8. The van der Waals surface area contributed by atoms with Crippen LogP contribution in [0.1, 0.15) is 31.4 Å². The molecule has 0 unspecified atom stereocenters. The smallest absolute Gasteiger partial charge is 0.321 e. The summed E-state index contributed by atoms with van der Waals surface area (Å²) in [4.78, 5) is 23.6. The van der Waals surface area contributed by atoms with Crippen molar-refractivity contribution in [2.75, 3.05) is 5.75 Å². The third-order valence-corrected chi connectivity index (χ3v) is 4.74. The summed E-state index contributed by atoms with van der Waals surface area (Å²) < 4.78 is 7.07. The van der Waals surface area contributed by atoms with Gasteiger partial charge in [-0.05, 0) is 25.0 Å². The number of furan rings is 1. The molecule has 9 heteroatoms. The highest BCUT2D eigenvalue weighted by atomic mass is 32.2. The number of thioether (sulfide) groups is 1. The van der Waals surface area contributed by atoms with Crippen molar-refractivity contribution in [3.05, 3.63) is 30.5 Å². The molecule has 2 heterocycles. The summed E-state index contributed by atoms with van der Waals surface area (Å²) in [5, 5.41) is 13.6. The Hall–Kier alpha value is -2.29. The number of carbonyl (C=O) groups is 2. The first-order valence-corrected chi connectivity index (χ1v) is 8.82. The molecule has 1 fully saturated rings. The van der Waals surface area contributed by atoms with Crippen molar-refractivity contribution in [1.29, 1.82) is 0 Å². The highest BCUT2D eigenvalue weighted by molar-refractivity contribution is 7.99. The number of nitrogens with zero attached hydrogens (tertiary/aromatic N) is 3. The molecule has 3 rings (SSSR count). The quantitative estimate of drug-likeness (QED) is 0.771. The van der Waals surface area contributed by atoms with Crippen molar-refractivity contribution in [2.45, 2.75) is 43.4 Å². The van der Waals surface area contributed by atoms with Crippen molar-refractivity contribution in [2.24, 2.45) is 0 Å². The second kappa shape index (κ2) is 8.00. The molecule has 0 saturated heterocycles. The lowest BCUT2D eigenvalue weighted by atomic mass is 10.2. The van der Waals surface area contributed by atoms with E-state index in [0.717, 1.165) is 31.4 Å². The molecule has 0 radical (unpaired) electrons. The van der Waals surface area contributed by atoms with Gasteiger partial charge in [0.25, 0.3) is 0 Å². The fraction of sp³-hybridized carbons (Fsp3) is 0.467. The molecule has 2 aromatic rings. The summed E-state index contributed by atoms with van der Waals surface area (Å²) in [6, 6.07) is 3.42. The molecule has 3 amide bonds. The van der Waals surface area contributed by atoms with Gasteiger partial charge in [-0.15, -0.1) is 10.2 Å². The maximum atomic E-state index is 11.9. The summed E-state index contributed by atoms with van der Waals surface area (Å²) >= 11 is 1.22. The fourth-order valence-corrected chi connectivity index (χ4v) is 3.33. The van der Waals surface area contributed by atoms with Crippen molar-refractivity contribution in [1.82, 2.24) is 25.4 Å². The SMILES string of the molecule is O=C(CSc1nncn1Cc1ccco1)NC(=O)NC1CCCC1. The molecule has 1 aliphatic rings. The summed E-state index contributed by atoms with van der Waals surface area (Å²) in [5.74, 6) is 0.509. The maximum Gasteiger partial charge on any atom is 0.321 e. The van der Waals surface area contributed by atoms with Crippen LogP contribution in [0.15, 0.2) is 34.3 Å². The second-order valence-electron chi connectivity index (χ2n) is 5.61. The van der Waals surface area contributed by atoms with Crippen LogP contribution in [0.5, 0.6) is 0 Å². The first kappa shape index (κ1) is 16.6. The Morgan fingerprint density at radius 3 is 2.96 bits per heavy atom. The van der Waals surface area contributed by atoms with E-state index in [1.807, 2.05) is 12.1 Å². The lowest BCUT2D eigenvalue weighted by molar-refractivity contribution is -0.117. The summed E-state index contributed by atoms with van der Waals surface area (Å²) in [5.41, 5.74) is 0. The van der Waals surface area contributed by atoms with Crippen LogP contribution in [0.2, 0.25) is 0 Å². The van der Waals surface area contributed by atoms with E-state index in [0.29, 0.717) is 11.7 Å². The van der Waals surface area contributed by atoms with Gasteiger partial charge in [-0.2, -0.15) is 0 Å². The van der Waals surface area contributed by atoms with Crippen LogP contribution in [-0.4, -0.2) is 38.5 Å². The number of imide groups is 1. The lowest BCUT2D eigenvalue weighted by Gasteiger charge is -2.12. The molecule has 1 aliphatic carbocycles. The van der Waals surface area contributed by atoms with Crippen molar-refractivity contribution in [3.63, 3.8) is 0 Å². The van der Waals surface area contributed by atoms with Gasteiger partial charge >= 0.3 is 6.03 Å². The van der Waals surface area contributed by atoms with Crippen LogP contribution in [0.25, 0.3) is 0 Å². The molecule has 8 nitrogen and oxygen atoms in total. The van der Waals surface area contributed by atoms with Crippen LogP contribution in [-0.2, 0) is 11.3 Å². The Kier molecular flexibility index (Phi) is 5.52. The Morgan fingerprint density at radius 2 is 2.21 bits per heavy atom. The number of rotatable bonds is 6. The number of amides is 3. The maximum absolute atomic E-state index is 11.9. The molecule has 2 N–H and O–H groups in total. The summed E-state index contributed by atoms with van der Waals surface area (Å²) in [6.45, 7) is 0.492. The van der Waals surface area contributed by atoms with Crippen LogP contribution in [0.4, 0.5) is 4.79 Å². The van der Waals surface area contributed by atoms with Gasteiger partial charge in [-0.3, -0.25) is 10.1 Å². The van der Waals surface area contributed by atoms with Crippen LogP contribution >= 0.6 is 11.8 Å². The van der Waals surface area contributed by atoms with Crippen LogP contribution in [0.3, 0.4) is 0 Å². The minimum absolute atomic E-state index is 0.0922. The van der Waals surface area contributed by atoms with E-state index in [2.05, 4.69) is 20.8 Å². The van der Waals surface area contributed by atoms with Gasteiger partial charge in [0.05, 0.1) is 18.6 Å². The minimum Gasteiger partial charge on any atom is -0.467 e. The molecule has 0 bridgehead atoms. The highest BCUT2D eigenvalue weighted by Gasteiger charge is 2.18. The molecule has 0 spiro atoms. The molecule has 1 saturated carbocycles. The number of urea groups is 1. The van der Waals surface area contributed by atoms with E-state index in [1.54, 1.807) is 17.2 Å². The van der Waals surface area contributed by atoms with E-state index >= 15 is 0 Å². The average molecular weight is 349 g/mol. The van der Waals surface area contributed by atoms with Crippen LogP contribution in [0, 0.1) is 0 Å². The molecular formula is C15H19N5O3S. The van der Waals surface area contributed by atoms with Crippen molar-refractivity contribution >= 4 is 23.7 Å². The Balaban J connectivity index is 1.44. The normalized spacial score (nSPS) is 14.7. The zero-order valence-corrected chi connectivity index (χ0v) is 13.9. The van der Waals surface area contributed by atoms with E-state index in [1.165, 1.54) is 11.8 Å². The van der Waals surface area contributed by atoms with E-state index in [4.69, 9.17) is 4.42 Å². The average Bonchev–Trinajstić information content (AvgIpc) is 3.28. The largest absolute Gasteiger partial charge is 0.467 e. The van der Waals surface area contributed by atoms with E-state index < -0.39 is 6.03 Å². The Labute approximate surface area is 143 Å². The zero-order valence-electron chi connectivity index (χ0n) is 13.1. The second-order valence-corrected chi connectivity index (χ2v) is 6.55. The molecule has 2 aromatic heterocycles. The minimum atomic E-state index is -0.426. The van der Waals surface area contributed by atoms with Gasteiger partial charge in [-0.25, -0.2) is 4.79 Å². The molecule has 0 aliphatic heterocycles. The van der Waals surface area contributed by atoms with Crippen LogP contribution < -0.4 is 10.6 Å². The first-order valence-electron chi connectivity index (χ1n) is 7.84. The van der Waals surface area contributed by atoms with Crippen molar-refractivity contribution < 1.29 is 14.0 Å². The molecule has 0 atom stereocenters. The third-order valence-electron chi connectivity index (χ3n) is 3.76. The predicted octanol–water partition coefficient (Wildman–Crippen LogP) is 1.78. The molecular weight excluding hydrogens is 330 g/mol. The number of hydrogen-bond acceptors (Lipinski definition) is 6. The van der Waals surface area contributed by atoms with Gasteiger partial charge in [0.2, 0.25) is 5.91 Å². The third kappa shape index (κ3) is 4.60. The fourth-order valence-electron chi connectivity index (χ4n) is 2.62. The molecule has 128 valence electrons. The van der Waals surface area contributed by atoms with Gasteiger partial charge in [0.1, 0.15) is 12.1 Å². The standard InChI is InChI=1S/C15H19N5O3S/c21-13(18-14(22)17-11-4-1-2-5-11)9-24-15-19-16-10-20(15)8-12-6-3-7-23-12/h3,6-7,10-11H,1-2,4-5,8-9H2,(H2,17,18,21,22). The summed E-state index contributed by atoms with van der Waals surface area (Å²) in [7, 11) is 0. The predicted molar refractivity (Wildman–Crippen MR) is 87.5 cm³/mol. The Morgan fingerprint density at radius 1 is 1.38 bits per heavy atom. The highest BCUT2D eigenvalue weighted by Crippen LogP contribution is 2.18. The van der Waals surface area contributed by atoms with Gasteiger partial charge < -0.3 is 14.3 Å². The van der Waals surface area contributed by atoms with Crippen molar-refractivity contribution in [3.8, 4) is 0 Å². The lowest BCUT2D eigenvalue weighted by Crippen LogP contribution is -2.44. The van der Waals surface area contributed by atoms with E-state index in [9.17, 15) is 9.59 Å². The Bertz CT molecular complexity index is 679.